The molecule has 1 aromatic carbocycles. The minimum atomic E-state index is -0.189. The number of amides is 1. The molecule has 1 N–H and O–H groups in total. The van der Waals surface area contributed by atoms with E-state index < -0.39 is 0 Å². The van der Waals surface area contributed by atoms with Crippen LogP contribution in [0.15, 0.2) is 24.3 Å². The molecule has 0 saturated heterocycles. The molecule has 0 fully saturated rings. The summed E-state index contributed by atoms with van der Waals surface area (Å²) in [4.78, 5) is 13.8. The fourth-order valence-electron chi connectivity index (χ4n) is 2.91. The topological polar surface area (TPSA) is 62.1 Å². The van der Waals surface area contributed by atoms with E-state index in [0.29, 0.717) is 28.7 Å². The maximum Gasteiger partial charge on any atom is 0.256 e. The van der Waals surface area contributed by atoms with Gasteiger partial charge >= 0.3 is 0 Å². The molecule has 4 nitrogen and oxygen atoms in total. The van der Waals surface area contributed by atoms with Crippen LogP contribution >= 0.6 is 11.3 Å². The Morgan fingerprint density at radius 2 is 2.00 bits per heavy atom. The number of anilines is 1. The van der Waals surface area contributed by atoms with Crippen LogP contribution in [0.3, 0.4) is 0 Å². The molecule has 0 atom stereocenters. The van der Waals surface area contributed by atoms with Gasteiger partial charge in [0.1, 0.15) is 16.8 Å². The maximum absolute atomic E-state index is 12.5. The van der Waals surface area contributed by atoms with Crippen molar-refractivity contribution in [2.24, 2.45) is 5.92 Å². The summed E-state index contributed by atoms with van der Waals surface area (Å²) in [5.41, 5.74) is 2.34. The molecule has 0 aliphatic heterocycles. The van der Waals surface area contributed by atoms with E-state index in [1.54, 1.807) is 23.5 Å². The molecule has 1 aliphatic carbocycles. The van der Waals surface area contributed by atoms with Crippen molar-refractivity contribution in [2.45, 2.75) is 39.5 Å². The first-order valence-corrected chi connectivity index (χ1v) is 9.49. The Morgan fingerprint density at radius 3 is 2.68 bits per heavy atom. The maximum atomic E-state index is 12.5. The Balaban J connectivity index is 1.72. The van der Waals surface area contributed by atoms with Gasteiger partial charge in [-0.05, 0) is 61.4 Å². The summed E-state index contributed by atoms with van der Waals surface area (Å²) >= 11 is 1.54. The van der Waals surface area contributed by atoms with Crippen molar-refractivity contribution in [1.82, 2.24) is 0 Å². The first-order chi connectivity index (χ1) is 12.1. The molecule has 0 saturated carbocycles. The smallest absolute Gasteiger partial charge is 0.256 e. The van der Waals surface area contributed by atoms with Gasteiger partial charge in [-0.25, -0.2) is 0 Å². The van der Waals surface area contributed by atoms with Gasteiger partial charge in [0, 0.05) is 10.4 Å². The van der Waals surface area contributed by atoms with Crippen LogP contribution in [0.1, 0.15) is 53.1 Å². The molecule has 130 valence electrons. The molecule has 0 unspecified atom stereocenters. The minimum absolute atomic E-state index is 0.189. The number of benzene rings is 1. The summed E-state index contributed by atoms with van der Waals surface area (Å²) in [6.07, 6.45) is 4.21. The fourth-order valence-corrected chi connectivity index (χ4v) is 4.15. The van der Waals surface area contributed by atoms with E-state index >= 15 is 0 Å². The van der Waals surface area contributed by atoms with Gasteiger partial charge in [0.05, 0.1) is 12.2 Å². The van der Waals surface area contributed by atoms with Crippen molar-refractivity contribution in [2.75, 3.05) is 11.9 Å². The lowest BCUT2D eigenvalue weighted by Crippen LogP contribution is -2.12. The van der Waals surface area contributed by atoms with Crippen LogP contribution in [0.2, 0.25) is 0 Å². The third-order valence-electron chi connectivity index (χ3n) is 4.21. The Bertz CT molecular complexity index is 800. The Labute approximate surface area is 152 Å². The molecule has 0 spiro atoms. The minimum Gasteiger partial charge on any atom is -0.493 e. The van der Waals surface area contributed by atoms with Crippen molar-refractivity contribution < 1.29 is 9.53 Å². The van der Waals surface area contributed by atoms with E-state index in [4.69, 9.17) is 4.74 Å². The fraction of sp³-hybridized carbons (Fsp3) is 0.400. The van der Waals surface area contributed by atoms with E-state index in [9.17, 15) is 10.1 Å². The number of hydrogen-bond acceptors (Lipinski definition) is 4. The number of carbonyl (C=O) groups is 1. The number of fused-ring (bicyclic) bond motifs is 1. The van der Waals surface area contributed by atoms with E-state index in [2.05, 4.69) is 25.2 Å². The number of ether oxygens (including phenoxy) is 1. The highest BCUT2D eigenvalue weighted by atomic mass is 32.1. The van der Waals surface area contributed by atoms with E-state index in [0.717, 1.165) is 37.0 Å². The van der Waals surface area contributed by atoms with Crippen LogP contribution in [-0.4, -0.2) is 12.5 Å². The average Bonchev–Trinajstić information content (AvgIpc) is 2.97. The monoisotopic (exact) mass is 354 g/mol. The van der Waals surface area contributed by atoms with Crippen LogP contribution in [0, 0.1) is 17.2 Å². The van der Waals surface area contributed by atoms with Gasteiger partial charge in [-0.2, -0.15) is 5.26 Å². The lowest BCUT2D eigenvalue weighted by Gasteiger charge is -2.09. The van der Waals surface area contributed by atoms with Crippen molar-refractivity contribution in [3.63, 3.8) is 0 Å². The van der Waals surface area contributed by atoms with E-state index in [-0.39, 0.29) is 5.91 Å². The lowest BCUT2D eigenvalue weighted by molar-refractivity contribution is 0.102. The summed E-state index contributed by atoms with van der Waals surface area (Å²) in [7, 11) is 0. The SMILES string of the molecule is CC(C)COc1ccc(C(=O)Nc2sc3c(c2C#N)CCCC3)cc1. The molecular formula is C20H22N2O2S. The van der Waals surface area contributed by atoms with Gasteiger partial charge in [-0.3, -0.25) is 4.79 Å². The second-order valence-corrected chi connectivity index (χ2v) is 7.82. The summed E-state index contributed by atoms with van der Waals surface area (Å²) in [5.74, 6) is 1.03. The Kier molecular flexibility index (Phi) is 5.40. The molecule has 3 rings (SSSR count). The number of rotatable bonds is 5. The second kappa shape index (κ2) is 7.71. The molecule has 0 radical (unpaired) electrons. The Morgan fingerprint density at radius 1 is 1.28 bits per heavy atom. The number of carbonyl (C=O) groups excluding carboxylic acids is 1. The zero-order valence-corrected chi connectivity index (χ0v) is 15.4. The van der Waals surface area contributed by atoms with Gasteiger partial charge in [0.2, 0.25) is 0 Å². The molecule has 25 heavy (non-hydrogen) atoms. The van der Waals surface area contributed by atoms with Crippen molar-refractivity contribution >= 4 is 22.2 Å². The molecular weight excluding hydrogens is 332 g/mol. The highest BCUT2D eigenvalue weighted by Gasteiger charge is 2.22. The Hall–Kier alpha value is -2.32. The van der Waals surface area contributed by atoms with Crippen LogP contribution in [0.4, 0.5) is 5.00 Å². The first-order valence-electron chi connectivity index (χ1n) is 8.67. The third-order valence-corrected chi connectivity index (χ3v) is 5.42. The highest BCUT2D eigenvalue weighted by Crippen LogP contribution is 2.37. The van der Waals surface area contributed by atoms with Gasteiger partial charge in [-0.15, -0.1) is 11.3 Å². The van der Waals surface area contributed by atoms with Crippen LogP contribution in [0.25, 0.3) is 0 Å². The zero-order chi connectivity index (χ0) is 17.8. The van der Waals surface area contributed by atoms with Crippen molar-refractivity contribution in [1.29, 1.82) is 5.26 Å². The molecule has 5 heteroatoms. The number of aryl methyl sites for hydroxylation is 1. The lowest BCUT2D eigenvalue weighted by atomic mass is 9.96. The molecule has 1 amide bonds. The van der Waals surface area contributed by atoms with Crippen LogP contribution < -0.4 is 10.1 Å². The first kappa shape index (κ1) is 17.5. The van der Waals surface area contributed by atoms with Gasteiger partial charge in [0.15, 0.2) is 0 Å². The normalized spacial score (nSPS) is 13.2. The number of nitrogens with one attached hydrogen (secondary N) is 1. The molecule has 2 aromatic rings. The largest absolute Gasteiger partial charge is 0.493 e. The van der Waals surface area contributed by atoms with Gasteiger partial charge in [0.25, 0.3) is 5.91 Å². The van der Waals surface area contributed by atoms with Crippen molar-refractivity contribution in [3.8, 4) is 11.8 Å². The van der Waals surface area contributed by atoms with Crippen LogP contribution in [-0.2, 0) is 12.8 Å². The molecule has 1 heterocycles. The average molecular weight is 354 g/mol. The van der Waals surface area contributed by atoms with Gasteiger partial charge in [-0.1, -0.05) is 13.8 Å². The van der Waals surface area contributed by atoms with Crippen LogP contribution in [0.5, 0.6) is 5.75 Å². The molecule has 0 bridgehead atoms. The predicted octanol–water partition coefficient (Wildman–Crippen LogP) is 4.79. The summed E-state index contributed by atoms with van der Waals surface area (Å²) in [5, 5.41) is 13.1. The summed E-state index contributed by atoms with van der Waals surface area (Å²) in [6, 6.07) is 9.40. The number of thiophene rings is 1. The molecule has 1 aromatic heterocycles. The highest BCUT2D eigenvalue weighted by molar-refractivity contribution is 7.16. The van der Waals surface area contributed by atoms with E-state index in [1.165, 1.54) is 4.88 Å². The summed E-state index contributed by atoms with van der Waals surface area (Å²) in [6.45, 7) is 4.84. The second-order valence-electron chi connectivity index (χ2n) is 6.71. The summed E-state index contributed by atoms with van der Waals surface area (Å²) < 4.78 is 5.64. The van der Waals surface area contributed by atoms with Crippen molar-refractivity contribution in [3.05, 3.63) is 45.8 Å². The third kappa shape index (κ3) is 4.02. The van der Waals surface area contributed by atoms with E-state index in [1.807, 2.05) is 12.1 Å². The van der Waals surface area contributed by atoms with Gasteiger partial charge < -0.3 is 10.1 Å². The number of hydrogen-bond donors (Lipinski definition) is 1. The standard InChI is InChI=1S/C20H22N2O2S/c1-13(2)12-24-15-9-7-14(8-10-15)19(23)22-20-17(11-21)16-5-3-4-6-18(16)25-20/h7-10,13H,3-6,12H2,1-2H3,(H,22,23). The zero-order valence-electron chi connectivity index (χ0n) is 14.6. The number of nitrogens with zero attached hydrogens (tertiary/aromatic N) is 1. The molecule has 1 aliphatic rings. The number of nitriles is 1. The predicted molar refractivity (Wildman–Crippen MR) is 100 cm³/mol. The quantitative estimate of drug-likeness (QED) is 0.840.